The molecule has 58 valence electrons. The minimum atomic E-state index is 0.131. The number of rotatable bonds is 3. The average molecular weight is 142 g/mol. The van der Waals surface area contributed by atoms with E-state index in [1.54, 1.807) is 0 Å². The van der Waals surface area contributed by atoms with Crippen LogP contribution in [0.5, 0.6) is 0 Å². The van der Waals surface area contributed by atoms with Crippen molar-refractivity contribution in [1.29, 1.82) is 5.41 Å². The summed E-state index contributed by atoms with van der Waals surface area (Å²) >= 11 is 0. The molecule has 0 aromatic rings. The quantitative estimate of drug-likeness (QED) is 0.454. The van der Waals surface area contributed by atoms with Gasteiger partial charge in [0.1, 0.15) is 12.4 Å². The molecular formula is C7H14N2O. The summed E-state index contributed by atoms with van der Waals surface area (Å²) in [6.45, 7) is 0.310. The minimum absolute atomic E-state index is 0.131. The Labute approximate surface area is 61.1 Å². The van der Waals surface area contributed by atoms with Crippen LogP contribution in [0.3, 0.4) is 0 Å². The van der Waals surface area contributed by atoms with Crippen molar-refractivity contribution >= 4 is 5.84 Å². The SMILES string of the molecule is N=C(N)COC1CCCC1. The minimum Gasteiger partial charge on any atom is -0.386 e. The van der Waals surface area contributed by atoms with E-state index in [0.29, 0.717) is 12.7 Å². The van der Waals surface area contributed by atoms with Gasteiger partial charge in [0.15, 0.2) is 0 Å². The molecule has 10 heavy (non-hydrogen) atoms. The van der Waals surface area contributed by atoms with Gasteiger partial charge in [0.2, 0.25) is 0 Å². The Kier molecular flexibility index (Phi) is 2.68. The zero-order valence-corrected chi connectivity index (χ0v) is 6.10. The van der Waals surface area contributed by atoms with Crippen LogP contribution in [-0.2, 0) is 4.74 Å². The molecule has 0 spiro atoms. The Morgan fingerprint density at radius 3 is 2.60 bits per heavy atom. The molecule has 3 N–H and O–H groups in total. The van der Waals surface area contributed by atoms with Gasteiger partial charge in [-0.2, -0.15) is 0 Å². The summed E-state index contributed by atoms with van der Waals surface area (Å²) in [4.78, 5) is 0. The highest BCUT2D eigenvalue weighted by Crippen LogP contribution is 2.20. The molecule has 0 atom stereocenters. The lowest BCUT2D eigenvalue weighted by molar-refractivity contribution is 0.0867. The second-order valence-corrected chi connectivity index (χ2v) is 2.74. The fraction of sp³-hybridized carbons (Fsp3) is 0.857. The van der Waals surface area contributed by atoms with Gasteiger partial charge in [-0.3, -0.25) is 5.41 Å². The van der Waals surface area contributed by atoms with Crippen LogP contribution in [0.1, 0.15) is 25.7 Å². The number of hydrogen-bond donors (Lipinski definition) is 2. The molecular weight excluding hydrogens is 128 g/mol. The van der Waals surface area contributed by atoms with Crippen LogP contribution in [-0.4, -0.2) is 18.5 Å². The van der Waals surface area contributed by atoms with Crippen LogP contribution in [0.2, 0.25) is 0 Å². The molecule has 1 saturated carbocycles. The average Bonchev–Trinajstić information content (AvgIpc) is 2.34. The lowest BCUT2D eigenvalue weighted by Crippen LogP contribution is -2.21. The van der Waals surface area contributed by atoms with Gasteiger partial charge >= 0.3 is 0 Å². The summed E-state index contributed by atoms with van der Waals surface area (Å²) in [5, 5.41) is 6.91. The van der Waals surface area contributed by atoms with Crippen molar-refractivity contribution in [2.45, 2.75) is 31.8 Å². The summed E-state index contributed by atoms with van der Waals surface area (Å²) in [5.41, 5.74) is 5.13. The van der Waals surface area contributed by atoms with E-state index in [1.165, 1.54) is 12.8 Å². The predicted octanol–water partition coefficient (Wildman–Crippen LogP) is 0.882. The number of ether oxygens (including phenoxy) is 1. The van der Waals surface area contributed by atoms with Crippen molar-refractivity contribution in [2.75, 3.05) is 6.61 Å². The summed E-state index contributed by atoms with van der Waals surface area (Å²) in [6.07, 6.45) is 5.20. The first-order valence-corrected chi connectivity index (χ1v) is 3.73. The second-order valence-electron chi connectivity index (χ2n) is 2.74. The van der Waals surface area contributed by atoms with Gasteiger partial charge in [-0.05, 0) is 12.8 Å². The van der Waals surface area contributed by atoms with E-state index in [-0.39, 0.29) is 5.84 Å². The molecule has 0 aromatic carbocycles. The fourth-order valence-electron chi connectivity index (χ4n) is 1.26. The Morgan fingerprint density at radius 1 is 1.50 bits per heavy atom. The maximum absolute atomic E-state index is 6.91. The topological polar surface area (TPSA) is 59.1 Å². The highest BCUT2D eigenvalue weighted by Gasteiger charge is 2.14. The fourth-order valence-corrected chi connectivity index (χ4v) is 1.26. The van der Waals surface area contributed by atoms with E-state index < -0.39 is 0 Å². The van der Waals surface area contributed by atoms with Gasteiger partial charge in [0.05, 0.1) is 6.10 Å². The zero-order chi connectivity index (χ0) is 7.40. The molecule has 3 nitrogen and oxygen atoms in total. The van der Waals surface area contributed by atoms with E-state index in [0.717, 1.165) is 12.8 Å². The molecule has 1 fully saturated rings. The highest BCUT2D eigenvalue weighted by atomic mass is 16.5. The summed E-state index contributed by atoms with van der Waals surface area (Å²) in [7, 11) is 0. The Balaban J connectivity index is 2.07. The third kappa shape index (κ3) is 2.35. The van der Waals surface area contributed by atoms with E-state index in [4.69, 9.17) is 15.9 Å². The maximum Gasteiger partial charge on any atom is 0.117 e. The molecule has 0 aromatic heterocycles. The molecule has 0 aliphatic heterocycles. The van der Waals surface area contributed by atoms with Crippen molar-refractivity contribution in [3.05, 3.63) is 0 Å². The largest absolute Gasteiger partial charge is 0.386 e. The van der Waals surface area contributed by atoms with Crippen molar-refractivity contribution in [2.24, 2.45) is 5.73 Å². The normalized spacial score (nSPS) is 19.6. The van der Waals surface area contributed by atoms with Crippen molar-refractivity contribution < 1.29 is 4.74 Å². The molecule has 1 aliphatic carbocycles. The molecule has 3 heteroatoms. The number of nitrogens with one attached hydrogen (secondary N) is 1. The summed E-state index contributed by atoms with van der Waals surface area (Å²) in [5.74, 6) is 0.131. The molecule has 0 unspecified atom stereocenters. The van der Waals surface area contributed by atoms with Gasteiger partial charge in [0, 0.05) is 0 Å². The first kappa shape index (κ1) is 7.54. The lowest BCUT2D eigenvalue weighted by Gasteiger charge is -2.08. The van der Waals surface area contributed by atoms with Gasteiger partial charge in [-0.25, -0.2) is 0 Å². The first-order valence-electron chi connectivity index (χ1n) is 3.73. The molecule has 0 amide bonds. The smallest absolute Gasteiger partial charge is 0.117 e. The highest BCUT2D eigenvalue weighted by molar-refractivity contribution is 5.78. The zero-order valence-electron chi connectivity index (χ0n) is 6.10. The van der Waals surface area contributed by atoms with Crippen LogP contribution in [0.4, 0.5) is 0 Å². The van der Waals surface area contributed by atoms with Gasteiger partial charge in [-0.1, -0.05) is 12.8 Å². The number of nitrogens with two attached hydrogens (primary N) is 1. The Morgan fingerprint density at radius 2 is 2.10 bits per heavy atom. The summed E-state index contributed by atoms with van der Waals surface area (Å²) in [6, 6.07) is 0. The first-order chi connectivity index (χ1) is 4.79. The monoisotopic (exact) mass is 142 g/mol. The van der Waals surface area contributed by atoms with Crippen LogP contribution >= 0.6 is 0 Å². The van der Waals surface area contributed by atoms with Crippen LogP contribution in [0.25, 0.3) is 0 Å². The summed E-state index contributed by atoms with van der Waals surface area (Å²) < 4.78 is 5.31. The Bertz CT molecular complexity index is 119. The maximum atomic E-state index is 6.91. The number of hydrogen-bond acceptors (Lipinski definition) is 2. The molecule has 1 aliphatic rings. The van der Waals surface area contributed by atoms with Crippen molar-refractivity contribution in [1.82, 2.24) is 0 Å². The van der Waals surface area contributed by atoms with Gasteiger partial charge in [0.25, 0.3) is 0 Å². The number of amidine groups is 1. The van der Waals surface area contributed by atoms with Crippen LogP contribution in [0.15, 0.2) is 0 Å². The van der Waals surface area contributed by atoms with E-state index in [9.17, 15) is 0 Å². The molecule has 0 heterocycles. The van der Waals surface area contributed by atoms with Gasteiger partial charge in [-0.15, -0.1) is 0 Å². The standard InChI is InChI=1S/C7H14N2O/c8-7(9)5-10-6-3-1-2-4-6/h6H,1-5H2,(H3,8,9). The van der Waals surface area contributed by atoms with E-state index in [2.05, 4.69) is 0 Å². The molecule has 0 bridgehead atoms. The Hall–Kier alpha value is -0.570. The van der Waals surface area contributed by atoms with Crippen LogP contribution in [0, 0.1) is 5.41 Å². The third-order valence-electron chi connectivity index (χ3n) is 1.78. The predicted molar refractivity (Wildman–Crippen MR) is 40.1 cm³/mol. The third-order valence-corrected chi connectivity index (χ3v) is 1.78. The van der Waals surface area contributed by atoms with Crippen molar-refractivity contribution in [3.63, 3.8) is 0 Å². The molecule has 0 radical (unpaired) electrons. The molecule has 1 rings (SSSR count). The van der Waals surface area contributed by atoms with Crippen LogP contribution < -0.4 is 5.73 Å². The second kappa shape index (κ2) is 3.56. The van der Waals surface area contributed by atoms with E-state index in [1.807, 2.05) is 0 Å². The van der Waals surface area contributed by atoms with Crippen molar-refractivity contribution in [3.8, 4) is 0 Å². The van der Waals surface area contributed by atoms with Gasteiger partial charge < -0.3 is 10.5 Å². The van der Waals surface area contributed by atoms with E-state index >= 15 is 0 Å². The molecule has 0 saturated heterocycles. The lowest BCUT2D eigenvalue weighted by atomic mass is 10.3.